The standard InChI is InChI=1S/C16H22N2O5/c19-12(9-11-18-15(22)7-8-16(18)23)4-2-1-3-10-17-13(20)5-6-14(17)21/h5-6,15,22H,1-4,7-11H2. The first-order valence-electron chi connectivity index (χ1n) is 8.02. The molecular weight excluding hydrogens is 300 g/mol. The molecule has 7 heteroatoms. The molecule has 1 atom stereocenters. The Morgan fingerprint density at radius 1 is 1.04 bits per heavy atom. The molecule has 2 aliphatic heterocycles. The quantitative estimate of drug-likeness (QED) is 0.489. The van der Waals surface area contributed by atoms with E-state index in [0.717, 1.165) is 6.42 Å². The van der Waals surface area contributed by atoms with Crippen LogP contribution in [0.2, 0.25) is 0 Å². The number of Topliss-reactive ketones (excluding diaryl/α,β-unsaturated/α-hetero) is 1. The number of carbonyl (C=O) groups is 4. The van der Waals surface area contributed by atoms with Gasteiger partial charge in [0.1, 0.15) is 12.0 Å². The highest BCUT2D eigenvalue weighted by Crippen LogP contribution is 2.17. The van der Waals surface area contributed by atoms with Gasteiger partial charge < -0.3 is 10.0 Å². The summed E-state index contributed by atoms with van der Waals surface area (Å²) in [7, 11) is 0. The van der Waals surface area contributed by atoms with Crippen LogP contribution >= 0.6 is 0 Å². The van der Waals surface area contributed by atoms with Crippen molar-refractivity contribution in [3.63, 3.8) is 0 Å². The van der Waals surface area contributed by atoms with E-state index in [1.54, 1.807) is 0 Å². The van der Waals surface area contributed by atoms with Gasteiger partial charge in [0.25, 0.3) is 11.8 Å². The van der Waals surface area contributed by atoms with Gasteiger partial charge in [0.05, 0.1) is 0 Å². The number of carbonyl (C=O) groups excluding carboxylic acids is 4. The third kappa shape index (κ3) is 4.72. The second-order valence-corrected chi connectivity index (χ2v) is 5.87. The Balaban J connectivity index is 1.54. The van der Waals surface area contributed by atoms with Crippen LogP contribution in [-0.4, -0.2) is 57.7 Å². The van der Waals surface area contributed by atoms with E-state index in [4.69, 9.17) is 0 Å². The van der Waals surface area contributed by atoms with Gasteiger partial charge in [0, 0.05) is 50.9 Å². The molecule has 1 N–H and O–H groups in total. The zero-order valence-corrected chi connectivity index (χ0v) is 13.1. The average molecular weight is 322 g/mol. The minimum absolute atomic E-state index is 0.0619. The Kier molecular flexibility index (Phi) is 6.04. The van der Waals surface area contributed by atoms with E-state index >= 15 is 0 Å². The molecule has 2 heterocycles. The van der Waals surface area contributed by atoms with E-state index in [1.165, 1.54) is 22.0 Å². The number of hydrogen-bond acceptors (Lipinski definition) is 5. The molecule has 0 aromatic carbocycles. The summed E-state index contributed by atoms with van der Waals surface area (Å²) in [5, 5.41) is 9.59. The normalized spacial score (nSPS) is 20.9. The minimum atomic E-state index is -0.751. The summed E-state index contributed by atoms with van der Waals surface area (Å²) in [5.74, 6) is -0.592. The Morgan fingerprint density at radius 2 is 1.74 bits per heavy atom. The van der Waals surface area contributed by atoms with Gasteiger partial charge in [-0.05, 0) is 12.8 Å². The van der Waals surface area contributed by atoms with Gasteiger partial charge in [-0.25, -0.2) is 0 Å². The van der Waals surface area contributed by atoms with Crippen molar-refractivity contribution in [3.8, 4) is 0 Å². The molecule has 3 amide bonds. The number of hydrogen-bond donors (Lipinski definition) is 1. The zero-order valence-electron chi connectivity index (χ0n) is 13.1. The lowest BCUT2D eigenvalue weighted by atomic mass is 10.1. The first-order valence-corrected chi connectivity index (χ1v) is 8.02. The molecule has 1 unspecified atom stereocenters. The van der Waals surface area contributed by atoms with E-state index in [0.29, 0.717) is 38.6 Å². The molecule has 0 aromatic rings. The highest BCUT2D eigenvalue weighted by Gasteiger charge is 2.28. The van der Waals surface area contributed by atoms with Crippen molar-refractivity contribution >= 4 is 23.5 Å². The van der Waals surface area contributed by atoms with Gasteiger partial charge in [-0.15, -0.1) is 0 Å². The first kappa shape index (κ1) is 17.3. The van der Waals surface area contributed by atoms with Gasteiger partial charge in [-0.3, -0.25) is 24.1 Å². The minimum Gasteiger partial charge on any atom is -0.374 e. The molecule has 0 radical (unpaired) electrons. The van der Waals surface area contributed by atoms with E-state index < -0.39 is 6.23 Å². The second kappa shape index (κ2) is 8.01. The first-order chi connectivity index (χ1) is 11.0. The Morgan fingerprint density at radius 3 is 2.35 bits per heavy atom. The molecule has 1 saturated heterocycles. The molecule has 7 nitrogen and oxygen atoms in total. The van der Waals surface area contributed by atoms with Crippen molar-refractivity contribution in [3.05, 3.63) is 12.2 Å². The molecule has 2 rings (SSSR count). The highest BCUT2D eigenvalue weighted by atomic mass is 16.3. The summed E-state index contributed by atoms with van der Waals surface area (Å²) in [4.78, 5) is 48.5. The Hall–Kier alpha value is -2.02. The summed E-state index contributed by atoms with van der Waals surface area (Å²) in [6, 6.07) is 0. The molecule has 0 saturated carbocycles. The van der Waals surface area contributed by atoms with Crippen LogP contribution in [0.5, 0.6) is 0 Å². The van der Waals surface area contributed by atoms with Crippen LogP contribution in [0.15, 0.2) is 12.2 Å². The zero-order chi connectivity index (χ0) is 16.8. The predicted molar refractivity (Wildman–Crippen MR) is 80.9 cm³/mol. The fraction of sp³-hybridized carbons (Fsp3) is 0.625. The monoisotopic (exact) mass is 322 g/mol. The van der Waals surface area contributed by atoms with Crippen LogP contribution < -0.4 is 0 Å². The van der Waals surface area contributed by atoms with Crippen LogP contribution in [0.25, 0.3) is 0 Å². The third-order valence-corrected chi connectivity index (χ3v) is 4.17. The summed E-state index contributed by atoms with van der Waals surface area (Å²) in [6.07, 6.45) is 5.37. The number of unbranched alkanes of at least 4 members (excludes halogenated alkanes) is 2. The molecule has 0 bridgehead atoms. The van der Waals surface area contributed by atoms with Crippen molar-refractivity contribution in [2.24, 2.45) is 0 Å². The maximum atomic E-state index is 11.8. The van der Waals surface area contributed by atoms with Crippen molar-refractivity contribution in [1.82, 2.24) is 9.80 Å². The number of aliphatic hydroxyl groups excluding tert-OH is 1. The Labute approximate surface area is 134 Å². The second-order valence-electron chi connectivity index (χ2n) is 5.87. The molecule has 0 spiro atoms. The lowest BCUT2D eigenvalue weighted by Gasteiger charge is -2.19. The van der Waals surface area contributed by atoms with Crippen LogP contribution in [0.1, 0.15) is 44.9 Å². The maximum absolute atomic E-state index is 11.8. The highest BCUT2D eigenvalue weighted by molar-refractivity contribution is 6.12. The number of ketones is 1. The molecule has 0 aliphatic carbocycles. The van der Waals surface area contributed by atoms with E-state index in [2.05, 4.69) is 0 Å². The van der Waals surface area contributed by atoms with Gasteiger partial charge in [-0.1, -0.05) is 6.42 Å². The summed E-state index contributed by atoms with van der Waals surface area (Å²) < 4.78 is 0. The van der Waals surface area contributed by atoms with Gasteiger partial charge >= 0.3 is 0 Å². The predicted octanol–water partition coefficient (Wildman–Crippen LogP) is 0.372. The number of rotatable bonds is 9. The number of imide groups is 1. The van der Waals surface area contributed by atoms with E-state index in [1.807, 2.05) is 0 Å². The fourth-order valence-corrected chi connectivity index (χ4v) is 2.78. The summed E-state index contributed by atoms with van der Waals surface area (Å²) in [6.45, 7) is 0.661. The van der Waals surface area contributed by atoms with Gasteiger partial charge in [0.15, 0.2) is 0 Å². The third-order valence-electron chi connectivity index (χ3n) is 4.17. The molecule has 1 fully saturated rings. The van der Waals surface area contributed by atoms with Crippen LogP contribution in [0.4, 0.5) is 0 Å². The number of likely N-dealkylation sites (tertiary alicyclic amines) is 1. The smallest absolute Gasteiger partial charge is 0.253 e. The molecule has 126 valence electrons. The number of amides is 3. The van der Waals surface area contributed by atoms with Gasteiger partial charge in [0.2, 0.25) is 5.91 Å². The number of nitrogens with zero attached hydrogens (tertiary/aromatic N) is 2. The van der Waals surface area contributed by atoms with Crippen molar-refractivity contribution in [2.75, 3.05) is 13.1 Å². The SMILES string of the molecule is O=C(CCCCCN1C(=O)C=CC1=O)CCN1C(=O)CCC1O. The van der Waals surface area contributed by atoms with Crippen molar-refractivity contribution < 1.29 is 24.3 Å². The lowest BCUT2D eigenvalue weighted by molar-refractivity contribution is -0.137. The molecular formula is C16H22N2O5. The van der Waals surface area contributed by atoms with Crippen molar-refractivity contribution in [1.29, 1.82) is 0 Å². The largest absolute Gasteiger partial charge is 0.374 e. The molecule has 2 aliphatic rings. The number of aliphatic hydroxyl groups is 1. The molecule has 0 aromatic heterocycles. The van der Waals surface area contributed by atoms with Crippen LogP contribution in [0, 0.1) is 0 Å². The average Bonchev–Trinajstić information content (AvgIpc) is 3.00. The lowest BCUT2D eigenvalue weighted by Crippen LogP contribution is -2.34. The van der Waals surface area contributed by atoms with E-state index in [9.17, 15) is 24.3 Å². The maximum Gasteiger partial charge on any atom is 0.253 e. The van der Waals surface area contributed by atoms with Gasteiger partial charge in [-0.2, -0.15) is 0 Å². The van der Waals surface area contributed by atoms with E-state index in [-0.39, 0.29) is 36.5 Å². The Bertz CT molecular complexity index is 511. The molecule has 23 heavy (non-hydrogen) atoms. The van der Waals surface area contributed by atoms with Crippen LogP contribution in [0.3, 0.4) is 0 Å². The van der Waals surface area contributed by atoms with Crippen LogP contribution in [-0.2, 0) is 19.2 Å². The van der Waals surface area contributed by atoms with Crippen molar-refractivity contribution in [2.45, 2.75) is 51.2 Å². The summed E-state index contributed by atoms with van der Waals surface area (Å²) in [5.41, 5.74) is 0. The summed E-state index contributed by atoms with van der Waals surface area (Å²) >= 11 is 0. The topological polar surface area (TPSA) is 95.0 Å². The fourth-order valence-electron chi connectivity index (χ4n) is 2.78.